The Morgan fingerprint density at radius 2 is 0.525 bits per heavy atom. The van der Waals surface area contributed by atoms with Crippen LogP contribution in [0.2, 0.25) is 0 Å². The maximum atomic E-state index is 10.5. The predicted molar refractivity (Wildman–Crippen MR) is 239 cm³/mol. The Morgan fingerprint density at radius 1 is 0.295 bits per heavy atom. The van der Waals surface area contributed by atoms with Crippen molar-refractivity contribution in [2.45, 2.75) is 5.41 Å². The van der Waals surface area contributed by atoms with Crippen LogP contribution in [-0.4, -0.2) is 50.4 Å². The number of hydrogen-bond donors (Lipinski definition) is 4. The molecule has 0 saturated carbocycles. The van der Waals surface area contributed by atoms with Crippen molar-refractivity contribution in [1.82, 2.24) is 0 Å². The number of phenolic OH excluding ortho intramolecular Hbond substituents is 4. The number of rotatable bonds is 12. The quantitative estimate of drug-likeness (QED) is 0.109. The minimum absolute atomic E-state index is 0.0295. The minimum atomic E-state index is -0.912. The van der Waals surface area contributed by atoms with Gasteiger partial charge in [0.2, 0.25) is 0 Å². The number of aromatic hydroxyl groups is 4. The zero-order valence-corrected chi connectivity index (χ0v) is 32.4. The molecule has 61 heavy (non-hydrogen) atoms. The first-order chi connectivity index (χ1) is 29.9. The number of para-hydroxylation sites is 8. The third-order valence-corrected chi connectivity index (χ3v) is 11.1. The van der Waals surface area contributed by atoms with Crippen LogP contribution < -0.4 is 40.5 Å². The number of fused-ring (bicyclic) bond motifs is 10. The molecule has 288 valence electrons. The van der Waals surface area contributed by atoms with Crippen molar-refractivity contribution >= 4 is 51.8 Å². The van der Waals surface area contributed by atoms with Crippen LogP contribution in [0.25, 0.3) is 22.3 Å². The molecule has 4 N–H and O–H groups in total. The molecule has 0 bridgehead atoms. The van der Waals surface area contributed by atoms with E-state index in [1.54, 1.807) is 127 Å². The number of benzene rings is 8. The lowest BCUT2D eigenvalue weighted by Gasteiger charge is -2.31. The third kappa shape index (κ3) is 6.76. The van der Waals surface area contributed by atoms with E-state index in [0.717, 1.165) is 66.4 Å². The Labute approximate surface area is 355 Å². The van der Waals surface area contributed by atoms with E-state index < -0.39 is 5.41 Å². The summed E-state index contributed by atoms with van der Waals surface area (Å²) in [5.41, 5.74) is 10.2. The fraction of sp³-hybridized carbons (Fsp3) is 0.0204. The molecule has 0 fully saturated rings. The van der Waals surface area contributed by atoms with Crippen LogP contribution in [0.4, 0.5) is 0 Å². The van der Waals surface area contributed by atoms with Gasteiger partial charge in [-0.05, 0) is 115 Å². The van der Waals surface area contributed by atoms with Crippen LogP contribution in [0.1, 0.15) is 22.3 Å². The highest BCUT2D eigenvalue weighted by Gasteiger charge is 2.52. The van der Waals surface area contributed by atoms with Gasteiger partial charge in [-0.25, -0.2) is 0 Å². The molecule has 0 aliphatic heterocycles. The predicted octanol–water partition coefficient (Wildman–Crippen LogP) is 6.15. The molecule has 2 aliphatic rings. The van der Waals surface area contributed by atoms with Crippen molar-refractivity contribution in [3.8, 4) is 68.2 Å². The van der Waals surface area contributed by atoms with Crippen molar-refractivity contribution in [3.63, 3.8) is 0 Å². The van der Waals surface area contributed by atoms with Crippen LogP contribution in [0, 0.1) is 0 Å². The number of phenols is 4. The van der Waals surface area contributed by atoms with E-state index in [1.165, 1.54) is 0 Å². The summed E-state index contributed by atoms with van der Waals surface area (Å²) < 4.78 is 24.2. The third-order valence-electron chi connectivity index (χ3n) is 11.1. The monoisotopic (exact) mass is 792 g/mol. The molecule has 0 heterocycles. The summed E-state index contributed by atoms with van der Waals surface area (Å²) in [7, 11) is 6.54. The molecule has 0 amide bonds. The van der Waals surface area contributed by atoms with Gasteiger partial charge in [0.05, 0.1) is 5.41 Å². The second-order valence-corrected chi connectivity index (χ2v) is 14.8. The lowest BCUT2D eigenvalue weighted by Crippen LogP contribution is -2.33. The van der Waals surface area contributed by atoms with Gasteiger partial charge in [-0.15, -0.1) is 0 Å². The van der Waals surface area contributed by atoms with Gasteiger partial charge in [0, 0.05) is 0 Å². The van der Waals surface area contributed by atoms with E-state index in [4.69, 9.17) is 18.6 Å². The highest BCUT2D eigenvalue weighted by atomic mass is 16.5. The van der Waals surface area contributed by atoms with Crippen molar-refractivity contribution in [2.75, 3.05) is 0 Å². The van der Waals surface area contributed by atoms with Gasteiger partial charge in [0.25, 0.3) is 0 Å². The Hall–Kier alpha value is -7.58. The largest absolute Gasteiger partial charge is 0.555 e. The van der Waals surface area contributed by atoms with E-state index in [2.05, 4.69) is 48.5 Å². The summed E-state index contributed by atoms with van der Waals surface area (Å²) in [4.78, 5) is 0. The Morgan fingerprint density at radius 3 is 0.754 bits per heavy atom. The summed E-state index contributed by atoms with van der Waals surface area (Å²) in [6.07, 6.45) is 0. The van der Waals surface area contributed by atoms with Crippen LogP contribution in [-0.2, 0) is 5.41 Å². The van der Waals surface area contributed by atoms with Gasteiger partial charge < -0.3 is 39.0 Å². The average molecular weight is 792 g/mol. The van der Waals surface area contributed by atoms with Gasteiger partial charge in [0.15, 0.2) is 23.0 Å². The molecule has 0 aromatic heterocycles. The van der Waals surface area contributed by atoms with Gasteiger partial charge in [0.1, 0.15) is 23.0 Å². The highest BCUT2D eigenvalue weighted by molar-refractivity contribution is 6.49. The van der Waals surface area contributed by atoms with Crippen molar-refractivity contribution < 1.29 is 39.0 Å². The van der Waals surface area contributed by atoms with Crippen LogP contribution in [0.3, 0.4) is 0 Å². The smallest absolute Gasteiger partial charge is 0.408 e. The first-order valence-electron chi connectivity index (χ1n) is 19.6. The SMILES string of the molecule is Oc1ccccc1O[B]c1ccc2c(c1)C1(c3cc([B]Oc4ccccc4O)ccc3-2)c2cc([B]Oc3ccccc3O)ccc2-c2ccc([B]Oc3ccccc3O)cc21. The molecule has 0 atom stereocenters. The summed E-state index contributed by atoms with van der Waals surface area (Å²) in [6.45, 7) is 0. The lowest BCUT2D eigenvalue weighted by atomic mass is 9.66. The molecule has 8 nitrogen and oxygen atoms in total. The molecule has 0 saturated heterocycles. The topological polar surface area (TPSA) is 118 Å². The van der Waals surface area contributed by atoms with E-state index in [1.807, 2.05) is 24.3 Å². The molecular weight excluding hydrogens is 760 g/mol. The van der Waals surface area contributed by atoms with E-state index >= 15 is 0 Å². The first kappa shape index (κ1) is 37.7. The Kier molecular flexibility index (Phi) is 9.60. The molecule has 2 aliphatic carbocycles. The van der Waals surface area contributed by atoms with Gasteiger partial charge in [-0.1, -0.05) is 121 Å². The zero-order chi connectivity index (χ0) is 41.5. The van der Waals surface area contributed by atoms with Gasteiger partial charge in [-0.2, -0.15) is 0 Å². The van der Waals surface area contributed by atoms with Crippen molar-refractivity contribution in [1.29, 1.82) is 0 Å². The molecule has 12 heteroatoms. The molecule has 0 unspecified atom stereocenters. The summed E-state index contributed by atoms with van der Waals surface area (Å²) in [5, 5.41) is 42.0. The van der Waals surface area contributed by atoms with Crippen LogP contribution in [0.5, 0.6) is 46.0 Å². The fourth-order valence-electron chi connectivity index (χ4n) is 8.35. The summed E-state index contributed by atoms with van der Waals surface area (Å²) >= 11 is 0. The highest BCUT2D eigenvalue weighted by Crippen LogP contribution is 2.62. The maximum absolute atomic E-state index is 10.5. The lowest BCUT2D eigenvalue weighted by molar-refractivity contribution is 0.444. The second-order valence-electron chi connectivity index (χ2n) is 14.8. The zero-order valence-electron chi connectivity index (χ0n) is 32.4. The fourth-order valence-corrected chi connectivity index (χ4v) is 8.35. The van der Waals surface area contributed by atoms with Crippen molar-refractivity contribution in [2.24, 2.45) is 0 Å². The Balaban J connectivity index is 1.14. The first-order valence-corrected chi connectivity index (χ1v) is 19.6. The normalized spacial score (nSPS) is 12.3. The Bertz CT molecular complexity index is 2570. The van der Waals surface area contributed by atoms with E-state index in [9.17, 15) is 20.4 Å². The summed E-state index contributed by atoms with van der Waals surface area (Å²) in [6, 6.07) is 52.2. The molecule has 10 rings (SSSR count). The van der Waals surface area contributed by atoms with Gasteiger partial charge in [-0.3, -0.25) is 0 Å². The molecule has 1 spiro atoms. The van der Waals surface area contributed by atoms with E-state index in [0.29, 0.717) is 23.0 Å². The van der Waals surface area contributed by atoms with Crippen molar-refractivity contribution in [3.05, 3.63) is 192 Å². The summed E-state index contributed by atoms with van der Waals surface area (Å²) in [5.74, 6) is 1.44. The molecular formula is C49H32B4O8. The standard InChI is InChI=1S/C49H32B4O8/c54-41-9-1-5-13-45(41)58-50-29-17-21-33-34-22-18-30(51-59-46-14-6-2-10-42(46)55)26-38(34)49(37(33)25-29)39-27-31(52-60-47-15-7-3-11-43(47)56)19-23-35(39)36-24-20-32(28-40(36)49)53-61-48-16-8-4-12-44(48)57/h1-28,54-57H. The molecule has 4 radical (unpaired) electrons. The number of hydrogen-bond acceptors (Lipinski definition) is 8. The van der Waals surface area contributed by atoms with E-state index in [-0.39, 0.29) is 23.0 Å². The second kappa shape index (κ2) is 15.5. The van der Waals surface area contributed by atoms with Gasteiger partial charge >= 0.3 is 29.9 Å². The molecule has 8 aromatic carbocycles. The van der Waals surface area contributed by atoms with Crippen LogP contribution >= 0.6 is 0 Å². The average Bonchev–Trinajstić information content (AvgIpc) is 3.73. The minimum Gasteiger partial charge on any atom is -0.555 e. The van der Waals surface area contributed by atoms with Crippen LogP contribution in [0.15, 0.2) is 170 Å². The maximum Gasteiger partial charge on any atom is 0.408 e. The molecule has 8 aromatic rings.